The highest BCUT2D eigenvalue weighted by atomic mass is 35.5. The first-order valence-corrected chi connectivity index (χ1v) is 5.08. The van der Waals surface area contributed by atoms with Crippen LogP contribution < -0.4 is 5.32 Å². The molecule has 0 aliphatic heterocycles. The zero-order valence-electron chi connectivity index (χ0n) is 8.70. The van der Waals surface area contributed by atoms with Crippen molar-refractivity contribution in [2.24, 2.45) is 0 Å². The van der Waals surface area contributed by atoms with Gasteiger partial charge in [0, 0.05) is 0 Å². The van der Waals surface area contributed by atoms with E-state index in [0.717, 1.165) is 5.69 Å². The van der Waals surface area contributed by atoms with Gasteiger partial charge in [0.1, 0.15) is 6.04 Å². The minimum Gasteiger partial charge on any atom is -0.480 e. The Morgan fingerprint density at radius 1 is 1.80 bits per heavy atom. The fourth-order valence-corrected chi connectivity index (χ4v) is 1.40. The van der Waals surface area contributed by atoms with Crippen molar-refractivity contribution in [1.29, 1.82) is 0 Å². The van der Waals surface area contributed by atoms with Crippen molar-refractivity contribution in [1.82, 2.24) is 15.1 Å². The Labute approximate surface area is 93.0 Å². The quantitative estimate of drug-likeness (QED) is 0.791. The number of aliphatic carboxylic acids is 1. The van der Waals surface area contributed by atoms with Crippen LogP contribution in [0.3, 0.4) is 0 Å². The normalized spacial score (nSPS) is 12.7. The molecule has 0 saturated heterocycles. The summed E-state index contributed by atoms with van der Waals surface area (Å²) < 4.78 is 1.59. The molecule has 0 bridgehead atoms. The molecular formula is C9H14ClN3O2. The van der Waals surface area contributed by atoms with E-state index >= 15 is 0 Å². The molecule has 0 fully saturated rings. The summed E-state index contributed by atoms with van der Waals surface area (Å²) in [7, 11) is 0. The van der Waals surface area contributed by atoms with Gasteiger partial charge in [0.05, 0.1) is 23.5 Å². The molecule has 0 spiro atoms. The van der Waals surface area contributed by atoms with Crippen LogP contribution in [-0.4, -0.2) is 33.4 Å². The standard InChI is InChI=1S/C9H14ClN3O2/c1-3-11-8(9(14)15)5-13-6(2)7(10)4-12-13/h4,8,11H,3,5H2,1-2H3,(H,14,15). The molecular weight excluding hydrogens is 218 g/mol. The molecule has 1 rings (SSSR count). The zero-order chi connectivity index (χ0) is 11.4. The average Bonchev–Trinajstić information content (AvgIpc) is 2.48. The highest BCUT2D eigenvalue weighted by Gasteiger charge is 2.18. The number of rotatable bonds is 5. The van der Waals surface area contributed by atoms with E-state index in [-0.39, 0.29) is 6.54 Å². The van der Waals surface area contributed by atoms with Crippen molar-refractivity contribution < 1.29 is 9.90 Å². The maximum absolute atomic E-state index is 10.9. The number of carboxylic acids is 1. The second-order valence-corrected chi connectivity index (χ2v) is 3.62. The smallest absolute Gasteiger partial charge is 0.322 e. The number of carboxylic acid groups (broad SMARTS) is 1. The minimum absolute atomic E-state index is 0.279. The molecule has 0 aromatic carbocycles. The number of hydrogen-bond donors (Lipinski definition) is 2. The molecule has 1 aromatic heterocycles. The highest BCUT2D eigenvalue weighted by molar-refractivity contribution is 6.31. The van der Waals surface area contributed by atoms with Crippen LogP contribution in [0.1, 0.15) is 12.6 Å². The first-order chi connectivity index (χ1) is 7.06. The van der Waals surface area contributed by atoms with E-state index in [1.54, 1.807) is 11.6 Å². The van der Waals surface area contributed by atoms with Gasteiger partial charge in [0.15, 0.2) is 0 Å². The number of hydrogen-bond acceptors (Lipinski definition) is 3. The molecule has 15 heavy (non-hydrogen) atoms. The van der Waals surface area contributed by atoms with Gasteiger partial charge in [-0.15, -0.1) is 0 Å². The van der Waals surface area contributed by atoms with Crippen LogP contribution in [0.25, 0.3) is 0 Å². The van der Waals surface area contributed by atoms with Crippen LogP contribution in [-0.2, 0) is 11.3 Å². The summed E-state index contributed by atoms with van der Waals surface area (Å²) >= 11 is 5.82. The van der Waals surface area contributed by atoms with Gasteiger partial charge in [0.2, 0.25) is 0 Å². The van der Waals surface area contributed by atoms with Gasteiger partial charge in [-0.2, -0.15) is 5.10 Å². The Balaban J connectivity index is 2.74. The molecule has 5 nitrogen and oxygen atoms in total. The van der Waals surface area contributed by atoms with Crippen molar-refractivity contribution in [3.8, 4) is 0 Å². The third-order valence-corrected chi connectivity index (χ3v) is 2.52. The lowest BCUT2D eigenvalue weighted by Crippen LogP contribution is -2.40. The van der Waals surface area contributed by atoms with E-state index in [9.17, 15) is 4.79 Å². The minimum atomic E-state index is -0.886. The largest absolute Gasteiger partial charge is 0.480 e. The third-order valence-electron chi connectivity index (χ3n) is 2.15. The maximum Gasteiger partial charge on any atom is 0.322 e. The molecule has 1 atom stereocenters. The van der Waals surface area contributed by atoms with Crippen molar-refractivity contribution in [3.63, 3.8) is 0 Å². The van der Waals surface area contributed by atoms with Crippen LogP contribution in [0.15, 0.2) is 6.20 Å². The van der Waals surface area contributed by atoms with E-state index < -0.39 is 12.0 Å². The van der Waals surface area contributed by atoms with Gasteiger partial charge < -0.3 is 10.4 Å². The number of carbonyl (C=O) groups is 1. The van der Waals surface area contributed by atoms with Crippen molar-refractivity contribution in [2.45, 2.75) is 26.4 Å². The van der Waals surface area contributed by atoms with Crippen LogP contribution in [0.4, 0.5) is 0 Å². The first kappa shape index (κ1) is 12.0. The van der Waals surface area contributed by atoms with Crippen LogP contribution >= 0.6 is 11.6 Å². The molecule has 1 unspecified atom stereocenters. The Bertz CT molecular complexity index is 351. The number of nitrogens with zero attached hydrogens (tertiary/aromatic N) is 2. The van der Waals surface area contributed by atoms with E-state index in [0.29, 0.717) is 11.6 Å². The van der Waals surface area contributed by atoms with E-state index in [2.05, 4.69) is 10.4 Å². The number of nitrogens with one attached hydrogen (secondary N) is 1. The maximum atomic E-state index is 10.9. The lowest BCUT2D eigenvalue weighted by molar-refractivity contribution is -0.139. The zero-order valence-corrected chi connectivity index (χ0v) is 9.45. The highest BCUT2D eigenvalue weighted by Crippen LogP contribution is 2.13. The van der Waals surface area contributed by atoms with Gasteiger partial charge >= 0.3 is 5.97 Å². The Hall–Kier alpha value is -1.07. The Morgan fingerprint density at radius 3 is 2.87 bits per heavy atom. The van der Waals surface area contributed by atoms with Gasteiger partial charge in [-0.25, -0.2) is 0 Å². The molecule has 1 aromatic rings. The molecule has 84 valence electrons. The molecule has 0 aliphatic carbocycles. The molecule has 0 saturated carbocycles. The first-order valence-electron chi connectivity index (χ1n) is 4.70. The molecule has 0 radical (unpaired) electrons. The predicted octanol–water partition coefficient (Wildman–Crippen LogP) is 0.908. The Kier molecular flexibility index (Phi) is 4.11. The third kappa shape index (κ3) is 2.94. The van der Waals surface area contributed by atoms with Gasteiger partial charge in [0.25, 0.3) is 0 Å². The monoisotopic (exact) mass is 231 g/mol. The number of likely N-dealkylation sites (N-methyl/N-ethyl adjacent to an activating group) is 1. The SMILES string of the molecule is CCNC(Cn1ncc(Cl)c1C)C(=O)O. The van der Waals surface area contributed by atoms with Gasteiger partial charge in [-0.3, -0.25) is 9.48 Å². The lowest BCUT2D eigenvalue weighted by atomic mass is 10.3. The summed E-state index contributed by atoms with van der Waals surface area (Å²) in [5, 5.41) is 16.3. The fraction of sp³-hybridized carbons (Fsp3) is 0.556. The molecule has 2 N–H and O–H groups in total. The fourth-order valence-electron chi connectivity index (χ4n) is 1.26. The van der Waals surface area contributed by atoms with E-state index in [4.69, 9.17) is 16.7 Å². The second-order valence-electron chi connectivity index (χ2n) is 3.21. The van der Waals surface area contributed by atoms with Crippen molar-refractivity contribution in [3.05, 3.63) is 16.9 Å². The van der Waals surface area contributed by atoms with Gasteiger partial charge in [-0.1, -0.05) is 18.5 Å². The summed E-state index contributed by atoms with van der Waals surface area (Å²) in [6.45, 7) is 4.55. The summed E-state index contributed by atoms with van der Waals surface area (Å²) in [5.41, 5.74) is 0.779. The van der Waals surface area contributed by atoms with Crippen LogP contribution in [0, 0.1) is 6.92 Å². The van der Waals surface area contributed by atoms with Crippen LogP contribution in [0.5, 0.6) is 0 Å². The number of halogens is 1. The topological polar surface area (TPSA) is 67.2 Å². The molecule has 0 aliphatic rings. The van der Waals surface area contributed by atoms with Crippen LogP contribution in [0.2, 0.25) is 5.02 Å². The summed E-state index contributed by atoms with van der Waals surface area (Å²) in [5.74, 6) is -0.886. The summed E-state index contributed by atoms with van der Waals surface area (Å²) in [6.07, 6.45) is 1.52. The summed E-state index contributed by atoms with van der Waals surface area (Å²) in [6, 6.07) is -0.635. The number of aromatic nitrogens is 2. The molecule has 0 amide bonds. The van der Waals surface area contributed by atoms with E-state index in [1.807, 2.05) is 6.92 Å². The average molecular weight is 232 g/mol. The van der Waals surface area contributed by atoms with Crippen molar-refractivity contribution >= 4 is 17.6 Å². The van der Waals surface area contributed by atoms with E-state index in [1.165, 1.54) is 6.20 Å². The molecule has 6 heteroatoms. The summed E-state index contributed by atoms with van der Waals surface area (Å²) in [4.78, 5) is 10.9. The van der Waals surface area contributed by atoms with Crippen molar-refractivity contribution in [2.75, 3.05) is 6.54 Å². The van der Waals surface area contributed by atoms with Gasteiger partial charge in [-0.05, 0) is 13.5 Å². The lowest BCUT2D eigenvalue weighted by Gasteiger charge is -2.13. The second kappa shape index (κ2) is 5.14. The Morgan fingerprint density at radius 2 is 2.47 bits per heavy atom. The predicted molar refractivity (Wildman–Crippen MR) is 57.1 cm³/mol. The molecule has 1 heterocycles.